The third-order valence-electron chi connectivity index (χ3n) is 4.19. The van der Waals surface area contributed by atoms with Crippen LogP contribution in [0.5, 0.6) is 0 Å². The quantitative estimate of drug-likeness (QED) is 0.380. The van der Waals surface area contributed by atoms with Gasteiger partial charge in [-0.15, -0.1) is 0 Å². The number of benzene rings is 2. The van der Waals surface area contributed by atoms with Crippen molar-refractivity contribution in [2.45, 2.75) is 24.3 Å². The lowest BCUT2D eigenvalue weighted by molar-refractivity contribution is -0.116. The number of halogens is 2. The maximum Gasteiger partial charge on any atom is 0.271 e. The Bertz CT molecular complexity index is 1060. The predicted octanol–water partition coefficient (Wildman–Crippen LogP) is 4.63. The van der Waals surface area contributed by atoms with Crippen LogP contribution in [0.1, 0.15) is 28.0 Å². The summed E-state index contributed by atoms with van der Waals surface area (Å²) in [4.78, 5) is 32.8. The number of anilines is 1. The molecule has 3 rings (SSSR count). The van der Waals surface area contributed by atoms with Crippen molar-refractivity contribution < 1.29 is 14.0 Å². The number of aromatic nitrogens is 2. The van der Waals surface area contributed by atoms with Crippen molar-refractivity contribution in [1.82, 2.24) is 15.3 Å². The third kappa shape index (κ3) is 7.04. The highest BCUT2D eigenvalue weighted by Gasteiger charge is 2.15. The first-order valence-corrected chi connectivity index (χ1v) is 10.8. The van der Waals surface area contributed by atoms with Crippen LogP contribution in [0.2, 0.25) is 5.02 Å². The van der Waals surface area contributed by atoms with Crippen molar-refractivity contribution >= 4 is 40.9 Å². The third-order valence-corrected chi connectivity index (χ3v) is 5.40. The molecule has 160 valence electrons. The van der Waals surface area contributed by atoms with Crippen molar-refractivity contribution in [1.29, 1.82) is 0 Å². The number of amides is 2. The predicted molar refractivity (Wildman–Crippen MR) is 120 cm³/mol. The minimum absolute atomic E-state index is 0.0425. The molecule has 0 saturated carbocycles. The standard InChI is InChI=1S/C22H20ClFN4O2S/c1-14-2-4-15(5-3-14)13-31-22-26-12-18(23)20(28-22)21(30)25-11-10-19(29)27-17-8-6-16(24)7-9-17/h2-9,12H,10-11,13H2,1H3,(H,25,30)(H,27,29). The zero-order valence-electron chi connectivity index (χ0n) is 16.7. The van der Waals surface area contributed by atoms with Crippen LogP contribution in [-0.2, 0) is 10.5 Å². The van der Waals surface area contributed by atoms with E-state index < -0.39 is 5.91 Å². The molecule has 0 bridgehead atoms. The Morgan fingerprint density at radius 3 is 2.52 bits per heavy atom. The van der Waals surface area contributed by atoms with Gasteiger partial charge < -0.3 is 10.6 Å². The van der Waals surface area contributed by atoms with E-state index in [0.717, 1.165) is 5.56 Å². The van der Waals surface area contributed by atoms with Gasteiger partial charge in [-0.25, -0.2) is 14.4 Å². The van der Waals surface area contributed by atoms with E-state index in [9.17, 15) is 14.0 Å². The number of nitrogens with one attached hydrogen (secondary N) is 2. The van der Waals surface area contributed by atoms with Gasteiger partial charge in [-0.05, 0) is 36.8 Å². The number of rotatable bonds is 8. The maximum absolute atomic E-state index is 12.9. The largest absolute Gasteiger partial charge is 0.350 e. The highest BCUT2D eigenvalue weighted by molar-refractivity contribution is 7.98. The lowest BCUT2D eigenvalue weighted by Gasteiger charge is -2.08. The summed E-state index contributed by atoms with van der Waals surface area (Å²) in [6.45, 7) is 2.12. The molecule has 0 saturated heterocycles. The van der Waals surface area contributed by atoms with Crippen molar-refractivity contribution in [3.63, 3.8) is 0 Å². The summed E-state index contributed by atoms with van der Waals surface area (Å²) in [6, 6.07) is 13.6. The Labute approximate surface area is 188 Å². The molecule has 1 heterocycles. The molecule has 3 aromatic rings. The van der Waals surface area contributed by atoms with Gasteiger partial charge in [0.25, 0.3) is 5.91 Å². The normalized spacial score (nSPS) is 10.5. The van der Waals surface area contributed by atoms with Gasteiger partial charge in [0.1, 0.15) is 5.82 Å². The van der Waals surface area contributed by atoms with Crippen LogP contribution in [0, 0.1) is 12.7 Å². The molecular formula is C22H20ClFN4O2S. The zero-order valence-corrected chi connectivity index (χ0v) is 18.3. The second kappa shape index (κ2) is 10.9. The number of carbonyl (C=O) groups is 2. The minimum atomic E-state index is -0.487. The number of aryl methyl sites for hydroxylation is 1. The molecule has 1 aromatic heterocycles. The summed E-state index contributed by atoms with van der Waals surface area (Å²) in [5.74, 6) is -0.524. The van der Waals surface area contributed by atoms with Crippen LogP contribution in [0.25, 0.3) is 0 Å². The molecule has 31 heavy (non-hydrogen) atoms. The molecule has 0 aliphatic carbocycles. The summed E-state index contributed by atoms with van der Waals surface area (Å²) < 4.78 is 12.9. The maximum atomic E-state index is 12.9. The van der Waals surface area contributed by atoms with Crippen LogP contribution < -0.4 is 10.6 Å². The van der Waals surface area contributed by atoms with E-state index in [1.807, 2.05) is 31.2 Å². The summed E-state index contributed by atoms with van der Waals surface area (Å²) >= 11 is 7.48. The Balaban J connectivity index is 1.50. The number of hydrogen-bond donors (Lipinski definition) is 2. The fourth-order valence-corrected chi connectivity index (χ4v) is 3.49. The number of nitrogens with zero attached hydrogens (tertiary/aromatic N) is 2. The van der Waals surface area contributed by atoms with E-state index in [1.165, 1.54) is 47.8 Å². The Hall–Kier alpha value is -2.97. The number of hydrogen-bond acceptors (Lipinski definition) is 5. The van der Waals surface area contributed by atoms with Crippen LogP contribution in [0.4, 0.5) is 10.1 Å². The fraction of sp³-hybridized carbons (Fsp3) is 0.182. The van der Waals surface area contributed by atoms with Gasteiger partial charge in [-0.3, -0.25) is 9.59 Å². The molecule has 0 unspecified atom stereocenters. The number of thioether (sulfide) groups is 1. The first kappa shape index (κ1) is 22.7. The van der Waals surface area contributed by atoms with E-state index in [1.54, 1.807) is 0 Å². The van der Waals surface area contributed by atoms with Crippen LogP contribution in [-0.4, -0.2) is 28.3 Å². The molecule has 0 aliphatic heterocycles. The fourth-order valence-electron chi connectivity index (χ4n) is 2.54. The van der Waals surface area contributed by atoms with Gasteiger partial charge in [-0.1, -0.05) is 53.2 Å². The van der Waals surface area contributed by atoms with E-state index in [-0.39, 0.29) is 35.4 Å². The molecule has 0 atom stereocenters. The Morgan fingerprint density at radius 2 is 1.81 bits per heavy atom. The molecular weight excluding hydrogens is 439 g/mol. The highest BCUT2D eigenvalue weighted by atomic mass is 35.5. The first-order valence-electron chi connectivity index (χ1n) is 9.45. The SMILES string of the molecule is Cc1ccc(CSc2ncc(Cl)c(C(=O)NCCC(=O)Nc3ccc(F)cc3)n2)cc1. The zero-order chi connectivity index (χ0) is 22.2. The molecule has 6 nitrogen and oxygen atoms in total. The summed E-state index contributed by atoms with van der Waals surface area (Å²) in [7, 11) is 0. The van der Waals surface area contributed by atoms with Crippen molar-refractivity contribution in [3.8, 4) is 0 Å². The van der Waals surface area contributed by atoms with Crippen molar-refractivity contribution in [3.05, 3.63) is 82.4 Å². The molecule has 0 radical (unpaired) electrons. The minimum Gasteiger partial charge on any atom is -0.350 e. The van der Waals surface area contributed by atoms with Gasteiger partial charge in [0.05, 0.1) is 11.2 Å². The van der Waals surface area contributed by atoms with Crippen LogP contribution in [0.3, 0.4) is 0 Å². The molecule has 2 aromatic carbocycles. The van der Waals surface area contributed by atoms with Gasteiger partial charge in [0, 0.05) is 24.4 Å². The first-order chi connectivity index (χ1) is 14.9. The highest BCUT2D eigenvalue weighted by Crippen LogP contribution is 2.22. The second-order valence-electron chi connectivity index (χ2n) is 6.68. The molecule has 0 aliphatic rings. The second-order valence-corrected chi connectivity index (χ2v) is 8.03. The van der Waals surface area contributed by atoms with Crippen LogP contribution >= 0.6 is 23.4 Å². The molecule has 0 fully saturated rings. The lowest BCUT2D eigenvalue weighted by Crippen LogP contribution is -2.28. The van der Waals surface area contributed by atoms with E-state index in [0.29, 0.717) is 16.6 Å². The van der Waals surface area contributed by atoms with E-state index in [2.05, 4.69) is 20.6 Å². The summed E-state index contributed by atoms with van der Waals surface area (Å²) in [6.07, 6.45) is 1.43. The average Bonchev–Trinajstić information content (AvgIpc) is 2.76. The summed E-state index contributed by atoms with van der Waals surface area (Å²) in [5, 5.41) is 5.82. The average molecular weight is 459 g/mol. The van der Waals surface area contributed by atoms with Crippen molar-refractivity contribution in [2.75, 3.05) is 11.9 Å². The monoisotopic (exact) mass is 458 g/mol. The number of carbonyl (C=O) groups excluding carboxylic acids is 2. The molecule has 0 spiro atoms. The van der Waals surface area contributed by atoms with Gasteiger partial charge >= 0.3 is 0 Å². The Morgan fingerprint density at radius 1 is 1.10 bits per heavy atom. The topological polar surface area (TPSA) is 84.0 Å². The molecule has 2 N–H and O–H groups in total. The Kier molecular flexibility index (Phi) is 7.97. The van der Waals surface area contributed by atoms with Gasteiger partial charge in [0.15, 0.2) is 10.9 Å². The van der Waals surface area contributed by atoms with Crippen LogP contribution in [0.15, 0.2) is 59.9 Å². The smallest absolute Gasteiger partial charge is 0.271 e. The van der Waals surface area contributed by atoms with Gasteiger partial charge in [0.2, 0.25) is 5.91 Å². The summed E-state index contributed by atoms with van der Waals surface area (Å²) in [5.41, 5.74) is 2.84. The molecule has 2 amide bonds. The van der Waals surface area contributed by atoms with Crippen molar-refractivity contribution in [2.24, 2.45) is 0 Å². The van der Waals surface area contributed by atoms with E-state index >= 15 is 0 Å². The molecule has 9 heteroatoms. The lowest BCUT2D eigenvalue weighted by atomic mass is 10.2. The van der Waals surface area contributed by atoms with Gasteiger partial charge in [-0.2, -0.15) is 0 Å². The van der Waals surface area contributed by atoms with E-state index in [4.69, 9.17) is 11.6 Å².